The van der Waals surface area contributed by atoms with Gasteiger partial charge in [0.05, 0.1) is 10.6 Å². The fourth-order valence-electron chi connectivity index (χ4n) is 2.87. The molecule has 126 valence electrons. The first-order valence-corrected chi connectivity index (χ1v) is 8.70. The van der Waals surface area contributed by atoms with E-state index in [1.165, 1.54) is 12.1 Å². The molecular weight excluding hydrogens is 350 g/mol. The van der Waals surface area contributed by atoms with Crippen LogP contribution in [0.1, 0.15) is 10.4 Å². The van der Waals surface area contributed by atoms with Gasteiger partial charge in [-0.3, -0.25) is 9.52 Å². The average molecular weight is 360 g/mol. The number of carbonyl (C=O) groups excluding carboxylic acids is 1. The van der Waals surface area contributed by atoms with Crippen LogP contribution in [-0.4, -0.2) is 14.3 Å². The summed E-state index contributed by atoms with van der Waals surface area (Å²) < 4.78 is 53.9. The highest BCUT2D eigenvalue weighted by Crippen LogP contribution is 2.37. The first-order valence-electron chi connectivity index (χ1n) is 7.22. The van der Waals surface area contributed by atoms with E-state index in [4.69, 9.17) is 0 Å². The molecule has 0 bridgehead atoms. The van der Waals surface area contributed by atoms with Gasteiger partial charge in [0.15, 0.2) is 11.6 Å². The van der Waals surface area contributed by atoms with Crippen LogP contribution in [0.3, 0.4) is 0 Å². The minimum atomic E-state index is -4.07. The Morgan fingerprint density at radius 3 is 2.52 bits per heavy atom. The highest BCUT2D eigenvalue weighted by molar-refractivity contribution is 7.93. The van der Waals surface area contributed by atoms with Crippen molar-refractivity contribution in [2.24, 2.45) is 0 Å². The van der Waals surface area contributed by atoms with Crippen LogP contribution in [0.15, 0.2) is 53.4 Å². The normalized spacial score (nSPS) is 13.1. The molecule has 1 heterocycles. The van der Waals surface area contributed by atoms with Crippen molar-refractivity contribution in [3.05, 3.63) is 65.7 Å². The Kier molecular flexibility index (Phi) is 3.26. The van der Waals surface area contributed by atoms with Crippen molar-refractivity contribution < 1.29 is 22.0 Å². The van der Waals surface area contributed by atoms with E-state index in [1.54, 1.807) is 18.2 Å². The van der Waals surface area contributed by atoms with Crippen LogP contribution in [0.25, 0.3) is 10.8 Å². The molecule has 0 atom stereocenters. The van der Waals surface area contributed by atoms with E-state index in [0.717, 1.165) is 18.2 Å². The van der Waals surface area contributed by atoms with Crippen molar-refractivity contribution in [1.82, 2.24) is 0 Å². The molecule has 1 aliphatic heterocycles. The van der Waals surface area contributed by atoms with Crippen molar-refractivity contribution in [3.63, 3.8) is 0 Å². The molecule has 1 aliphatic rings. The van der Waals surface area contributed by atoms with Crippen LogP contribution in [0, 0.1) is 11.6 Å². The van der Waals surface area contributed by atoms with Crippen LogP contribution < -0.4 is 10.0 Å². The highest BCUT2D eigenvalue weighted by Gasteiger charge is 2.26. The zero-order chi connectivity index (χ0) is 17.8. The van der Waals surface area contributed by atoms with Crippen molar-refractivity contribution in [3.8, 4) is 0 Å². The first kappa shape index (κ1) is 15.5. The molecule has 0 spiro atoms. The van der Waals surface area contributed by atoms with Crippen LogP contribution in [-0.2, 0) is 10.0 Å². The molecule has 0 aliphatic carbocycles. The molecule has 0 aromatic heterocycles. The molecule has 4 rings (SSSR count). The third-order valence-corrected chi connectivity index (χ3v) is 5.39. The molecule has 2 N–H and O–H groups in total. The Hall–Kier alpha value is -3.00. The van der Waals surface area contributed by atoms with Crippen molar-refractivity contribution in [2.75, 3.05) is 10.0 Å². The van der Waals surface area contributed by atoms with Gasteiger partial charge in [-0.2, -0.15) is 0 Å². The molecule has 1 amide bonds. The summed E-state index contributed by atoms with van der Waals surface area (Å²) in [5.74, 6) is -2.53. The Balaban J connectivity index is 1.85. The zero-order valence-corrected chi connectivity index (χ0v) is 13.3. The van der Waals surface area contributed by atoms with Gasteiger partial charge in [0.1, 0.15) is 0 Å². The van der Waals surface area contributed by atoms with Gasteiger partial charge in [-0.1, -0.05) is 12.1 Å². The minimum absolute atomic E-state index is 0.0608. The van der Waals surface area contributed by atoms with Gasteiger partial charge >= 0.3 is 0 Å². The third-order valence-electron chi connectivity index (χ3n) is 3.95. The summed E-state index contributed by atoms with van der Waals surface area (Å²) in [6.07, 6.45) is 0. The molecule has 0 saturated carbocycles. The number of rotatable bonds is 3. The molecule has 0 fully saturated rings. The summed E-state index contributed by atoms with van der Waals surface area (Å²) in [5, 5.41) is 3.55. The lowest BCUT2D eigenvalue weighted by Gasteiger charge is -2.11. The number of anilines is 2. The highest BCUT2D eigenvalue weighted by atomic mass is 32.2. The van der Waals surface area contributed by atoms with Gasteiger partial charge in [0, 0.05) is 28.1 Å². The molecule has 5 nitrogen and oxygen atoms in total. The van der Waals surface area contributed by atoms with Crippen molar-refractivity contribution in [2.45, 2.75) is 4.90 Å². The Morgan fingerprint density at radius 1 is 0.960 bits per heavy atom. The summed E-state index contributed by atoms with van der Waals surface area (Å²) in [5.41, 5.74) is 0.816. The van der Waals surface area contributed by atoms with Crippen LogP contribution in [0.2, 0.25) is 0 Å². The van der Waals surface area contributed by atoms with Crippen molar-refractivity contribution >= 4 is 38.1 Å². The minimum Gasteiger partial charge on any atom is -0.321 e. The average Bonchev–Trinajstić information content (AvgIpc) is 2.89. The first-order chi connectivity index (χ1) is 11.9. The number of sulfonamides is 1. The third kappa shape index (κ3) is 2.42. The van der Waals surface area contributed by atoms with E-state index >= 15 is 0 Å². The van der Waals surface area contributed by atoms with Gasteiger partial charge in [-0.15, -0.1) is 0 Å². The Morgan fingerprint density at radius 2 is 1.76 bits per heavy atom. The fourth-order valence-corrected chi connectivity index (χ4v) is 4.12. The van der Waals surface area contributed by atoms with E-state index < -0.39 is 21.7 Å². The van der Waals surface area contributed by atoms with E-state index in [1.807, 2.05) is 0 Å². The molecule has 3 aromatic rings. The maximum absolute atomic E-state index is 13.3. The lowest BCUT2D eigenvalue weighted by atomic mass is 10.1. The van der Waals surface area contributed by atoms with E-state index in [2.05, 4.69) is 10.0 Å². The topological polar surface area (TPSA) is 75.3 Å². The number of hydrogen-bond acceptors (Lipinski definition) is 3. The number of carbonyl (C=O) groups is 1. The zero-order valence-electron chi connectivity index (χ0n) is 12.5. The standard InChI is InChI=1S/C17H10F2N2O3S/c18-12-5-4-9(8-13(12)19)21-25(23,24)15-7-6-14-16-10(15)2-1-3-11(16)17(22)20-14/h1-8,21H,(H,20,22). The second-order valence-corrected chi connectivity index (χ2v) is 7.18. The summed E-state index contributed by atoms with van der Waals surface area (Å²) in [6.45, 7) is 0. The summed E-state index contributed by atoms with van der Waals surface area (Å²) in [4.78, 5) is 11.9. The maximum Gasteiger partial charge on any atom is 0.262 e. The predicted octanol–water partition coefficient (Wildman–Crippen LogP) is 3.48. The molecule has 0 unspecified atom stereocenters. The van der Waals surface area contributed by atoms with Crippen molar-refractivity contribution in [1.29, 1.82) is 0 Å². The molecule has 8 heteroatoms. The van der Waals surface area contributed by atoms with Gasteiger partial charge in [0.25, 0.3) is 15.9 Å². The molecule has 25 heavy (non-hydrogen) atoms. The summed E-state index contributed by atoms with van der Waals surface area (Å²) in [6, 6.07) is 10.4. The van der Waals surface area contributed by atoms with E-state index in [9.17, 15) is 22.0 Å². The Bertz CT molecular complexity index is 1160. The van der Waals surface area contributed by atoms with Crippen LogP contribution in [0.4, 0.5) is 20.2 Å². The fraction of sp³-hybridized carbons (Fsp3) is 0. The second kappa shape index (κ2) is 5.25. The molecule has 3 aromatic carbocycles. The van der Waals surface area contributed by atoms with Gasteiger partial charge in [0.2, 0.25) is 0 Å². The largest absolute Gasteiger partial charge is 0.321 e. The van der Waals surface area contributed by atoms with Gasteiger partial charge in [-0.05, 0) is 30.3 Å². The van der Waals surface area contributed by atoms with Crippen LogP contribution >= 0.6 is 0 Å². The maximum atomic E-state index is 13.3. The SMILES string of the molecule is O=C1Nc2ccc(S(=O)(=O)Nc3ccc(F)c(F)c3)c3cccc1c23. The number of amides is 1. The lowest BCUT2D eigenvalue weighted by Crippen LogP contribution is -2.13. The van der Waals surface area contributed by atoms with E-state index in [0.29, 0.717) is 22.0 Å². The molecule has 0 radical (unpaired) electrons. The quantitative estimate of drug-likeness (QED) is 0.751. The summed E-state index contributed by atoms with van der Waals surface area (Å²) >= 11 is 0. The van der Waals surface area contributed by atoms with E-state index in [-0.39, 0.29) is 16.5 Å². The summed E-state index contributed by atoms with van der Waals surface area (Å²) in [7, 11) is -4.07. The smallest absolute Gasteiger partial charge is 0.262 e. The Labute approximate surface area is 141 Å². The second-order valence-electron chi connectivity index (χ2n) is 5.53. The number of hydrogen-bond donors (Lipinski definition) is 2. The monoisotopic (exact) mass is 360 g/mol. The molecular formula is C17H10F2N2O3S. The lowest BCUT2D eigenvalue weighted by molar-refractivity contribution is 0.103. The number of nitrogens with one attached hydrogen (secondary N) is 2. The van der Waals surface area contributed by atoms with Gasteiger partial charge in [-0.25, -0.2) is 17.2 Å². The predicted molar refractivity (Wildman–Crippen MR) is 89.1 cm³/mol. The number of halogens is 2. The molecule has 0 saturated heterocycles. The van der Waals surface area contributed by atoms with Gasteiger partial charge < -0.3 is 5.32 Å². The van der Waals surface area contributed by atoms with Crippen LogP contribution in [0.5, 0.6) is 0 Å². The number of benzene rings is 3.